The molecule has 0 N–H and O–H groups in total. The molecule has 0 atom stereocenters. The monoisotopic (exact) mass is 349 g/mol. The van der Waals surface area contributed by atoms with Crippen molar-refractivity contribution >= 4 is 40.6 Å². The van der Waals surface area contributed by atoms with Gasteiger partial charge in [0.15, 0.2) is 0 Å². The molecule has 2 aromatic carbocycles. The highest BCUT2D eigenvalue weighted by molar-refractivity contribution is 6.52. The van der Waals surface area contributed by atoms with Crippen molar-refractivity contribution in [3.63, 3.8) is 0 Å². The summed E-state index contributed by atoms with van der Waals surface area (Å²) in [5.74, 6) is -0.568. The van der Waals surface area contributed by atoms with Crippen LogP contribution in [0.4, 0.5) is 5.69 Å². The van der Waals surface area contributed by atoms with Crippen LogP contribution in [0.2, 0.25) is 10.0 Å². The first-order chi connectivity index (χ1) is 11.0. The summed E-state index contributed by atoms with van der Waals surface area (Å²) in [7, 11) is 0. The van der Waals surface area contributed by atoms with Gasteiger partial charge in [0.1, 0.15) is 17.4 Å². The van der Waals surface area contributed by atoms with Gasteiger partial charge >= 0.3 is 0 Å². The van der Waals surface area contributed by atoms with Gasteiger partial charge in [-0.1, -0.05) is 41.4 Å². The van der Waals surface area contributed by atoms with Crippen molar-refractivity contribution in [2.75, 3.05) is 18.1 Å². The van der Waals surface area contributed by atoms with Gasteiger partial charge in [0, 0.05) is 0 Å². The van der Waals surface area contributed by atoms with Crippen molar-refractivity contribution in [1.82, 2.24) is 0 Å². The molecule has 1 heterocycles. The smallest absolute Gasteiger partial charge is 0.299 e. The Morgan fingerprint density at radius 1 is 1.09 bits per heavy atom. The zero-order valence-corrected chi connectivity index (χ0v) is 13.8. The Morgan fingerprint density at radius 2 is 1.83 bits per heavy atom. The van der Waals surface area contributed by atoms with Gasteiger partial charge in [-0.3, -0.25) is 9.59 Å². The van der Waals surface area contributed by atoms with Crippen LogP contribution in [0.15, 0.2) is 36.4 Å². The fraction of sp³-hybridized carbons (Fsp3) is 0.176. The summed E-state index contributed by atoms with van der Waals surface area (Å²) in [6.45, 7) is 2.32. The molecule has 4 nitrogen and oxygen atoms in total. The van der Waals surface area contributed by atoms with Gasteiger partial charge in [0.25, 0.3) is 11.7 Å². The number of benzene rings is 2. The summed E-state index contributed by atoms with van der Waals surface area (Å²) in [6.07, 6.45) is 0. The lowest BCUT2D eigenvalue weighted by molar-refractivity contribution is -0.114. The van der Waals surface area contributed by atoms with Crippen molar-refractivity contribution in [1.29, 1.82) is 0 Å². The standard InChI is InChI=1S/C17H13Cl2NO3/c1-10-4-2-5-11-15(10)20(17(22)16(11)21)8-9-23-13-7-3-6-12(18)14(13)19/h2-7H,8-9H2,1H3. The molecule has 3 rings (SSSR count). The van der Waals surface area contributed by atoms with E-state index >= 15 is 0 Å². The number of Topliss-reactive ketones (excluding diaryl/α,β-unsaturated/α-hetero) is 1. The summed E-state index contributed by atoms with van der Waals surface area (Å²) in [4.78, 5) is 25.6. The van der Waals surface area contributed by atoms with E-state index in [1.165, 1.54) is 4.90 Å². The van der Waals surface area contributed by atoms with Crippen LogP contribution >= 0.6 is 23.2 Å². The summed E-state index contributed by atoms with van der Waals surface area (Å²) in [5.41, 5.74) is 1.97. The van der Waals surface area contributed by atoms with Crippen molar-refractivity contribution < 1.29 is 14.3 Å². The van der Waals surface area contributed by atoms with Crippen molar-refractivity contribution in [3.8, 4) is 5.75 Å². The number of rotatable bonds is 4. The van der Waals surface area contributed by atoms with E-state index in [1.807, 2.05) is 13.0 Å². The maximum Gasteiger partial charge on any atom is 0.299 e. The minimum absolute atomic E-state index is 0.201. The van der Waals surface area contributed by atoms with E-state index in [0.717, 1.165) is 5.56 Å². The predicted molar refractivity (Wildman–Crippen MR) is 89.8 cm³/mol. The lowest BCUT2D eigenvalue weighted by atomic mass is 10.1. The number of anilines is 1. The molecule has 23 heavy (non-hydrogen) atoms. The first-order valence-electron chi connectivity index (χ1n) is 7.03. The largest absolute Gasteiger partial charge is 0.490 e. The van der Waals surface area contributed by atoms with E-state index in [0.29, 0.717) is 27.0 Å². The fourth-order valence-electron chi connectivity index (χ4n) is 2.60. The minimum Gasteiger partial charge on any atom is -0.490 e. The number of ketones is 1. The summed E-state index contributed by atoms with van der Waals surface area (Å²) in [5, 5.41) is 0.729. The van der Waals surface area contributed by atoms with E-state index in [9.17, 15) is 9.59 Å². The number of hydrogen-bond acceptors (Lipinski definition) is 3. The molecule has 0 fully saturated rings. The average Bonchev–Trinajstić information content (AvgIpc) is 2.78. The quantitative estimate of drug-likeness (QED) is 0.786. The summed E-state index contributed by atoms with van der Waals surface area (Å²) in [6, 6.07) is 10.4. The number of para-hydroxylation sites is 1. The lowest BCUT2D eigenvalue weighted by Crippen LogP contribution is -2.33. The van der Waals surface area contributed by atoms with Gasteiger partial charge in [0.05, 0.1) is 22.8 Å². The van der Waals surface area contributed by atoms with Crippen LogP contribution < -0.4 is 9.64 Å². The number of halogens is 2. The Balaban J connectivity index is 1.76. The molecule has 1 aliphatic rings. The number of fused-ring (bicyclic) bond motifs is 1. The number of ether oxygens (including phenoxy) is 1. The number of aryl methyl sites for hydroxylation is 1. The molecule has 0 spiro atoms. The highest BCUT2D eigenvalue weighted by Crippen LogP contribution is 2.33. The number of amides is 1. The second-order valence-corrected chi connectivity index (χ2v) is 5.94. The van der Waals surface area contributed by atoms with Crippen LogP contribution in [-0.2, 0) is 4.79 Å². The van der Waals surface area contributed by atoms with Gasteiger partial charge in [-0.2, -0.15) is 0 Å². The summed E-state index contributed by atoms with van der Waals surface area (Å²) < 4.78 is 5.60. The van der Waals surface area contributed by atoms with Gasteiger partial charge in [0.2, 0.25) is 0 Å². The van der Waals surface area contributed by atoms with Crippen LogP contribution in [0.5, 0.6) is 5.75 Å². The fourth-order valence-corrected chi connectivity index (χ4v) is 2.94. The molecule has 0 saturated heterocycles. The number of carbonyl (C=O) groups is 2. The second kappa shape index (κ2) is 6.22. The first-order valence-corrected chi connectivity index (χ1v) is 7.79. The molecule has 6 heteroatoms. The van der Waals surface area contributed by atoms with Crippen LogP contribution in [0.25, 0.3) is 0 Å². The number of hydrogen-bond donors (Lipinski definition) is 0. The van der Waals surface area contributed by atoms with E-state index in [2.05, 4.69) is 0 Å². The van der Waals surface area contributed by atoms with E-state index in [1.54, 1.807) is 30.3 Å². The molecule has 2 aromatic rings. The molecule has 0 aliphatic carbocycles. The van der Waals surface area contributed by atoms with Crippen molar-refractivity contribution in [3.05, 3.63) is 57.6 Å². The van der Waals surface area contributed by atoms with E-state index in [-0.39, 0.29) is 13.2 Å². The molecular formula is C17H13Cl2NO3. The predicted octanol–water partition coefficient (Wildman–Crippen LogP) is 3.91. The van der Waals surface area contributed by atoms with Gasteiger partial charge in [-0.25, -0.2) is 0 Å². The van der Waals surface area contributed by atoms with Gasteiger partial charge in [-0.15, -0.1) is 0 Å². The Bertz CT molecular complexity index is 804. The lowest BCUT2D eigenvalue weighted by Gasteiger charge is -2.19. The molecule has 118 valence electrons. The number of carbonyl (C=O) groups excluding carboxylic acids is 2. The molecule has 1 amide bonds. The Labute approximate surface area is 143 Å². The van der Waals surface area contributed by atoms with Gasteiger partial charge < -0.3 is 9.64 Å². The van der Waals surface area contributed by atoms with Crippen LogP contribution in [0.1, 0.15) is 15.9 Å². The minimum atomic E-state index is -0.532. The highest BCUT2D eigenvalue weighted by Gasteiger charge is 2.36. The van der Waals surface area contributed by atoms with Crippen LogP contribution in [0, 0.1) is 6.92 Å². The zero-order chi connectivity index (χ0) is 16.6. The molecule has 0 radical (unpaired) electrons. The molecular weight excluding hydrogens is 337 g/mol. The Morgan fingerprint density at radius 3 is 2.61 bits per heavy atom. The Hall–Kier alpha value is -2.04. The molecule has 1 aliphatic heterocycles. The second-order valence-electron chi connectivity index (χ2n) is 5.16. The highest BCUT2D eigenvalue weighted by atomic mass is 35.5. The molecule has 0 bridgehead atoms. The maximum absolute atomic E-state index is 12.2. The third-order valence-electron chi connectivity index (χ3n) is 3.68. The van der Waals surface area contributed by atoms with Crippen LogP contribution in [0.3, 0.4) is 0 Å². The van der Waals surface area contributed by atoms with E-state index < -0.39 is 11.7 Å². The van der Waals surface area contributed by atoms with E-state index in [4.69, 9.17) is 27.9 Å². The maximum atomic E-state index is 12.2. The normalized spacial score (nSPS) is 13.4. The molecule has 0 aromatic heterocycles. The molecule has 0 unspecified atom stereocenters. The average molecular weight is 350 g/mol. The molecule has 0 saturated carbocycles. The third kappa shape index (κ3) is 2.80. The SMILES string of the molecule is Cc1cccc2c1N(CCOc1cccc(Cl)c1Cl)C(=O)C2=O. The zero-order valence-electron chi connectivity index (χ0n) is 12.3. The topological polar surface area (TPSA) is 46.6 Å². The summed E-state index contributed by atoms with van der Waals surface area (Å²) >= 11 is 12.0. The first kappa shape index (κ1) is 15.8. The third-order valence-corrected chi connectivity index (χ3v) is 4.48. The van der Waals surface area contributed by atoms with Crippen molar-refractivity contribution in [2.45, 2.75) is 6.92 Å². The van der Waals surface area contributed by atoms with Gasteiger partial charge in [-0.05, 0) is 30.7 Å². The number of nitrogens with zero attached hydrogens (tertiary/aromatic N) is 1. The van der Waals surface area contributed by atoms with Crippen molar-refractivity contribution in [2.24, 2.45) is 0 Å². The Kier molecular flexibility index (Phi) is 4.28. The van der Waals surface area contributed by atoms with Crippen LogP contribution in [-0.4, -0.2) is 24.8 Å².